The molecule has 0 spiro atoms. The summed E-state index contributed by atoms with van der Waals surface area (Å²) in [5.74, 6) is 0.620. The third-order valence-electron chi connectivity index (χ3n) is 2.92. The van der Waals surface area contributed by atoms with Crippen molar-refractivity contribution in [2.45, 2.75) is 26.7 Å². The average Bonchev–Trinajstić information content (AvgIpc) is 2.42. The second-order valence-electron chi connectivity index (χ2n) is 4.85. The van der Waals surface area contributed by atoms with Crippen LogP contribution in [-0.4, -0.2) is 32.0 Å². The fourth-order valence-corrected chi connectivity index (χ4v) is 1.76. The minimum atomic E-state index is -0.206. The highest BCUT2D eigenvalue weighted by Gasteiger charge is 2.13. The third kappa shape index (κ3) is 4.57. The van der Waals surface area contributed by atoms with Gasteiger partial charge in [0.2, 0.25) is 5.91 Å². The van der Waals surface area contributed by atoms with Gasteiger partial charge in [0.05, 0.1) is 12.7 Å². The molecule has 0 fully saturated rings. The van der Waals surface area contributed by atoms with Crippen LogP contribution in [0.2, 0.25) is 0 Å². The van der Waals surface area contributed by atoms with E-state index in [2.05, 4.69) is 24.5 Å². The molecule has 5 heteroatoms. The van der Waals surface area contributed by atoms with Gasteiger partial charge < -0.3 is 15.4 Å². The summed E-state index contributed by atoms with van der Waals surface area (Å²) in [6, 6.07) is 5.57. The zero-order chi connectivity index (χ0) is 15.1. The van der Waals surface area contributed by atoms with E-state index in [1.54, 1.807) is 13.2 Å². The zero-order valence-electron chi connectivity index (χ0n) is 12.4. The second-order valence-corrected chi connectivity index (χ2v) is 4.85. The lowest BCUT2D eigenvalue weighted by Gasteiger charge is -2.12. The van der Waals surface area contributed by atoms with Crippen molar-refractivity contribution in [2.24, 2.45) is 0 Å². The molecular formula is C15H22N2O3. The Morgan fingerprint density at radius 1 is 1.20 bits per heavy atom. The molecule has 0 atom stereocenters. The lowest BCUT2D eigenvalue weighted by Crippen LogP contribution is -2.33. The molecule has 0 unspecified atom stereocenters. The lowest BCUT2D eigenvalue weighted by atomic mass is 10.0. The van der Waals surface area contributed by atoms with Crippen LogP contribution in [0, 0.1) is 0 Å². The number of methoxy groups -OCH3 is 1. The van der Waals surface area contributed by atoms with E-state index in [1.807, 2.05) is 12.1 Å². The highest BCUT2D eigenvalue weighted by atomic mass is 16.5. The molecule has 0 aromatic heterocycles. The number of hydrogen-bond donors (Lipinski definition) is 2. The van der Waals surface area contributed by atoms with Crippen LogP contribution in [0.15, 0.2) is 18.2 Å². The van der Waals surface area contributed by atoms with E-state index in [0.717, 1.165) is 5.56 Å². The third-order valence-corrected chi connectivity index (χ3v) is 2.92. The molecule has 0 saturated heterocycles. The van der Waals surface area contributed by atoms with Gasteiger partial charge in [-0.15, -0.1) is 0 Å². The van der Waals surface area contributed by atoms with Crippen molar-refractivity contribution in [1.29, 1.82) is 0 Å². The number of nitrogens with one attached hydrogen (secondary N) is 2. The van der Waals surface area contributed by atoms with Crippen LogP contribution in [-0.2, 0) is 4.79 Å². The molecule has 0 aliphatic heterocycles. The molecular weight excluding hydrogens is 256 g/mol. The van der Waals surface area contributed by atoms with E-state index in [1.165, 1.54) is 6.92 Å². The van der Waals surface area contributed by atoms with E-state index in [-0.39, 0.29) is 11.8 Å². The highest BCUT2D eigenvalue weighted by molar-refractivity contribution is 5.97. The fourth-order valence-electron chi connectivity index (χ4n) is 1.76. The Kier molecular flexibility index (Phi) is 6.03. The zero-order valence-corrected chi connectivity index (χ0v) is 12.4. The molecule has 1 aromatic rings. The SMILES string of the molecule is COc1cc(C(C)C)ccc1C(=O)NCCNC(C)=O. The summed E-state index contributed by atoms with van der Waals surface area (Å²) in [5, 5.41) is 5.36. The van der Waals surface area contributed by atoms with Crippen molar-refractivity contribution in [3.8, 4) is 5.75 Å². The number of rotatable bonds is 6. The van der Waals surface area contributed by atoms with E-state index in [0.29, 0.717) is 30.3 Å². The van der Waals surface area contributed by atoms with Crippen molar-refractivity contribution in [3.63, 3.8) is 0 Å². The summed E-state index contributed by atoms with van der Waals surface area (Å²) >= 11 is 0. The lowest BCUT2D eigenvalue weighted by molar-refractivity contribution is -0.118. The first kappa shape index (κ1) is 16.0. The predicted molar refractivity (Wildman–Crippen MR) is 78.1 cm³/mol. The number of benzene rings is 1. The van der Waals surface area contributed by atoms with Crippen molar-refractivity contribution >= 4 is 11.8 Å². The van der Waals surface area contributed by atoms with Gasteiger partial charge in [0.15, 0.2) is 0 Å². The van der Waals surface area contributed by atoms with Crippen molar-refractivity contribution in [3.05, 3.63) is 29.3 Å². The molecule has 2 amide bonds. The second kappa shape index (κ2) is 7.53. The van der Waals surface area contributed by atoms with Gasteiger partial charge in [-0.25, -0.2) is 0 Å². The smallest absolute Gasteiger partial charge is 0.255 e. The quantitative estimate of drug-likeness (QED) is 0.778. The Labute approximate surface area is 119 Å². The molecule has 110 valence electrons. The van der Waals surface area contributed by atoms with Gasteiger partial charge in [-0.1, -0.05) is 19.9 Å². The van der Waals surface area contributed by atoms with Gasteiger partial charge in [0, 0.05) is 20.0 Å². The maximum Gasteiger partial charge on any atom is 0.255 e. The first-order valence-electron chi connectivity index (χ1n) is 6.66. The Morgan fingerprint density at radius 3 is 2.40 bits per heavy atom. The first-order valence-corrected chi connectivity index (χ1v) is 6.66. The molecule has 0 heterocycles. The largest absolute Gasteiger partial charge is 0.496 e. The summed E-state index contributed by atoms with van der Waals surface area (Å²) < 4.78 is 5.27. The Hall–Kier alpha value is -2.04. The van der Waals surface area contributed by atoms with Crippen LogP contribution in [0.4, 0.5) is 0 Å². The predicted octanol–water partition coefficient (Wildman–Crippen LogP) is 1.68. The van der Waals surface area contributed by atoms with Crippen LogP contribution < -0.4 is 15.4 Å². The Morgan fingerprint density at radius 2 is 1.85 bits per heavy atom. The van der Waals surface area contributed by atoms with E-state index in [4.69, 9.17) is 4.74 Å². The van der Waals surface area contributed by atoms with Gasteiger partial charge in [-0.3, -0.25) is 9.59 Å². The maximum absolute atomic E-state index is 12.0. The molecule has 0 bridgehead atoms. The van der Waals surface area contributed by atoms with E-state index in [9.17, 15) is 9.59 Å². The number of amides is 2. The Bertz CT molecular complexity index is 484. The average molecular weight is 278 g/mol. The molecule has 2 N–H and O–H groups in total. The summed E-state index contributed by atoms with van der Waals surface area (Å²) in [5.41, 5.74) is 1.62. The van der Waals surface area contributed by atoms with Gasteiger partial charge in [-0.05, 0) is 23.6 Å². The molecule has 1 aromatic carbocycles. The number of ether oxygens (including phenoxy) is 1. The monoisotopic (exact) mass is 278 g/mol. The minimum absolute atomic E-state index is 0.113. The van der Waals surface area contributed by atoms with E-state index >= 15 is 0 Å². The van der Waals surface area contributed by atoms with Crippen LogP contribution >= 0.6 is 0 Å². The van der Waals surface area contributed by atoms with Gasteiger partial charge >= 0.3 is 0 Å². The molecule has 20 heavy (non-hydrogen) atoms. The van der Waals surface area contributed by atoms with Crippen molar-refractivity contribution in [1.82, 2.24) is 10.6 Å². The summed E-state index contributed by atoms with van der Waals surface area (Å²) in [6.45, 7) is 6.40. The van der Waals surface area contributed by atoms with E-state index < -0.39 is 0 Å². The molecule has 1 rings (SSSR count). The van der Waals surface area contributed by atoms with Gasteiger partial charge in [0.25, 0.3) is 5.91 Å². The first-order chi connectivity index (χ1) is 9.45. The van der Waals surface area contributed by atoms with Crippen molar-refractivity contribution < 1.29 is 14.3 Å². The number of carbonyl (C=O) groups is 2. The number of carbonyl (C=O) groups excluding carboxylic acids is 2. The normalized spacial score (nSPS) is 10.2. The Balaban J connectivity index is 2.70. The van der Waals surface area contributed by atoms with Crippen molar-refractivity contribution in [2.75, 3.05) is 20.2 Å². The van der Waals surface area contributed by atoms with Gasteiger partial charge in [0.1, 0.15) is 5.75 Å². The molecule has 0 aliphatic carbocycles. The number of hydrogen-bond acceptors (Lipinski definition) is 3. The molecule has 0 saturated carbocycles. The van der Waals surface area contributed by atoms with Crippen LogP contribution in [0.3, 0.4) is 0 Å². The van der Waals surface area contributed by atoms with Gasteiger partial charge in [-0.2, -0.15) is 0 Å². The summed E-state index contributed by atoms with van der Waals surface area (Å²) in [7, 11) is 1.55. The molecule has 0 aliphatic rings. The summed E-state index contributed by atoms with van der Waals surface area (Å²) in [4.78, 5) is 22.8. The fraction of sp³-hybridized carbons (Fsp3) is 0.467. The van der Waals surface area contributed by atoms with Crippen LogP contribution in [0.5, 0.6) is 5.75 Å². The standard InChI is InChI=1S/C15H22N2O3/c1-10(2)12-5-6-13(14(9-12)20-4)15(19)17-8-7-16-11(3)18/h5-6,9-10H,7-8H2,1-4H3,(H,16,18)(H,17,19). The molecule has 0 radical (unpaired) electrons. The highest BCUT2D eigenvalue weighted by Crippen LogP contribution is 2.24. The van der Waals surface area contributed by atoms with Crippen LogP contribution in [0.1, 0.15) is 42.6 Å². The minimum Gasteiger partial charge on any atom is -0.496 e. The topological polar surface area (TPSA) is 67.4 Å². The molecule has 5 nitrogen and oxygen atoms in total. The summed E-state index contributed by atoms with van der Waals surface area (Å²) in [6.07, 6.45) is 0. The maximum atomic E-state index is 12.0. The van der Waals surface area contributed by atoms with Crippen LogP contribution in [0.25, 0.3) is 0 Å².